The zero-order valence-corrected chi connectivity index (χ0v) is 20.7. The topological polar surface area (TPSA) is 37.3 Å². The van der Waals surface area contributed by atoms with Crippen LogP contribution < -0.4 is 0 Å². The Kier molecular flexibility index (Phi) is 7.58. The van der Waals surface area contributed by atoms with E-state index in [1.165, 1.54) is 44.1 Å². The molecule has 3 saturated carbocycles. The molecule has 4 aliphatic carbocycles. The number of fused-ring (bicyclic) bond motifs is 5. The molecule has 4 rings (SSSR count). The van der Waals surface area contributed by atoms with Gasteiger partial charge in [-0.25, -0.2) is 0 Å². The Morgan fingerprint density at radius 1 is 1.13 bits per heavy atom. The Labute approximate surface area is 186 Å². The van der Waals surface area contributed by atoms with Crippen molar-refractivity contribution in [1.82, 2.24) is 0 Å². The lowest BCUT2D eigenvalue weighted by molar-refractivity contribution is -0.144. The van der Waals surface area contributed by atoms with Crippen LogP contribution >= 0.6 is 0 Å². The van der Waals surface area contributed by atoms with Crippen LogP contribution in [0.2, 0.25) is 0 Å². The number of allylic oxidation sites excluding steroid dienone is 1. The largest absolute Gasteiger partial charge is 0.393 e. The van der Waals surface area contributed by atoms with Crippen molar-refractivity contribution in [1.29, 1.82) is 0 Å². The van der Waals surface area contributed by atoms with Gasteiger partial charge < -0.3 is 5.11 Å². The van der Waals surface area contributed by atoms with Crippen LogP contribution in [0.3, 0.4) is 0 Å². The average molecular weight is 417 g/mol. The van der Waals surface area contributed by atoms with Crippen molar-refractivity contribution in [3.63, 3.8) is 0 Å². The summed E-state index contributed by atoms with van der Waals surface area (Å²) in [6.45, 7) is 13.5. The Bertz CT molecular complexity index is 635. The molecule has 3 fully saturated rings. The highest BCUT2D eigenvalue weighted by molar-refractivity contribution is 5.85. The van der Waals surface area contributed by atoms with Crippen LogP contribution in [0.4, 0.5) is 0 Å². The number of unbranched alkanes of at least 4 members (excludes halogenated alkanes) is 1. The minimum Gasteiger partial charge on any atom is -0.393 e. The van der Waals surface area contributed by atoms with Crippen LogP contribution in [-0.2, 0) is 4.79 Å². The first kappa shape index (κ1) is 24.0. The minimum absolute atomic E-state index is 0.0237. The predicted octanol–water partition coefficient (Wildman–Crippen LogP) is 7.35. The van der Waals surface area contributed by atoms with Gasteiger partial charge >= 0.3 is 0 Å². The van der Waals surface area contributed by atoms with E-state index in [-0.39, 0.29) is 22.9 Å². The summed E-state index contributed by atoms with van der Waals surface area (Å²) in [5.74, 6) is 3.62. The maximum absolute atomic E-state index is 13.6. The fourth-order valence-corrected chi connectivity index (χ4v) is 7.99. The third-order valence-corrected chi connectivity index (χ3v) is 9.55. The average Bonchev–Trinajstić information content (AvgIpc) is 3.02. The first-order chi connectivity index (χ1) is 14.3. The van der Waals surface area contributed by atoms with E-state index < -0.39 is 0 Å². The van der Waals surface area contributed by atoms with Crippen LogP contribution in [0.25, 0.3) is 0 Å². The lowest BCUT2D eigenvalue weighted by Gasteiger charge is -2.57. The van der Waals surface area contributed by atoms with Crippen molar-refractivity contribution >= 4 is 5.78 Å². The van der Waals surface area contributed by atoms with Crippen molar-refractivity contribution in [3.8, 4) is 0 Å². The van der Waals surface area contributed by atoms with Gasteiger partial charge in [-0.1, -0.05) is 72.5 Å². The fourth-order valence-electron chi connectivity index (χ4n) is 7.99. The third kappa shape index (κ3) is 4.19. The molecule has 0 aromatic carbocycles. The van der Waals surface area contributed by atoms with Crippen LogP contribution in [-0.4, -0.2) is 17.0 Å². The van der Waals surface area contributed by atoms with Gasteiger partial charge in [-0.15, -0.1) is 0 Å². The van der Waals surface area contributed by atoms with Gasteiger partial charge in [0.1, 0.15) is 5.78 Å². The Morgan fingerprint density at radius 3 is 2.57 bits per heavy atom. The SMILES string of the molecule is CC.CC(C)CCCC[C@H]1CCC2C3CC=C4CC(O)CCC4(C)C3C(=O)CC21C. The molecule has 4 aliphatic rings. The molecular formula is C28H48O2. The highest BCUT2D eigenvalue weighted by atomic mass is 16.3. The summed E-state index contributed by atoms with van der Waals surface area (Å²) >= 11 is 0. The van der Waals surface area contributed by atoms with Gasteiger partial charge in [0.05, 0.1) is 6.10 Å². The molecule has 0 heterocycles. The van der Waals surface area contributed by atoms with Gasteiger partial charge in [0.15, 0.2) is 0 Å². The minimum atomic E-state index is -0.193. The van der Waals surface area contributed by atoms with E-state index in [0.717, 1.165) is 49.9 Å². The standard InChI is InChI=1S/C26H42O2.C2H6/c1-17(2)7-5-6-8-18-10-12-22-21-11-9-19-15-20(27)13-14-25(19,3)24(21)23(28)16-26(18,22)4;1-2/h9,17-18,20-22,24,27H,5-8,10-16H2,1-4H3;1-2H3/t18-,20?,21?,22?,24?,25?,26?;/m0./s1. The van der Waals surface area contributed by atoms with Gasteiger partial charge in [0.25, 0.3) is 0 Å². The van der Waals surface area contributed by atoms with Crippen molar-refractivity contribution < 1.29 is 9.90 Å². The second-order valence-electron chi connectivity index (χ2n) is 11.6. The van der Waals surface area contributed by atoms with Gasteiger partial charge in [-0.2, -0.15) is 0 Å². The van der Waals surface area contributed by atoms with Crippen LogP contribution in [0.5, 0.6) is 0 Å². The zero-order chi connectivity index (χ0) is 22.1. The van der Waals surface area contributed by atoms with E-state index in [9.17, 15) is 9.90 Å². The Balaban J connectivity index is 0.00000124. The fraction of sp³-hybridized carbons (Fsp3) is 0.893. The molecule has 0 amide bonds. The van der Waals surface area contributed by atoms with E-state index in [1.807, 2.05) is 13.8 Å². The Morgan fingerprint density at radius 2 is 1.87 bits per heavy atom. The monoisotopic (exact) mass is 416 g/mol. The smallest absolute Gasteiger partial charge is 0.137 e. The number of carbonyl (C=O) groups is 1. The molecule has 0 saturated heterocycles. The molecule has 0 spiro atoms. The lowest BCUT2D eigenvalue weighted by atomic mass is 9.47. The van der Waals surface area contributed by atoms with Gasteiger partial charge in [0.2, 0.25) is 0 Å². The number of aliphatic hydroxyl groups is 1. The maximum atomic E-state index is 13.6. The highest BCUT2D eigenvalue weighted by Crippen LogP contribution is 2.65. The molecule has 30 heavy (non-hydrogen) atoms. The molecule has 6 unspecified atom stereocenters. The van der Waals surface area contributed by atoms with Gasteiger partial charge in [-0.05, 0) is 79.4 Å². The summed E-state index contributed by atoms with van der Waals surface area (Å²) in [5, 5.41) is 10.2. The molecular weight excluding hydrogens is 368 g/mol. The van der Waals surface area contributed by atoms with E-state index in [4.69, 9.17) is 0 Å². The number of Topliss-reactive ketones (excluding diaryl/α,β-unsaturated/α-hetero) is 1. The van der Waals surface area contributed by atoms with E-state index >= 15 is 0 Å². The normalized spacial score (nSPS) is 42.6. The molecule has 2 nitrogen and oxygen atoms in total. The van der Waals surface area contributed by atoms with Gasteiger partial charge in [-0.3, -0.25) is 4.79 Å². The summed E-state index contributed by atoms with van der Waals surface area (Å²) in [5.41, 5.74) is 1.66. The molecule has 0 aromatic heterocycles. The number of ketones is 1. The summed E-state index contributed by atoms with van der Waals surface area (Å²) in [7, 11) is 0. The van der Waals surface area contributed by atoms with Crippen molar-refractivity contribution in [2.75, 3.05) is 0 Å². The predicted molar refractivity (Wildman–Crippen MR) is 126 cm³/mol. The molecule has 0 bridgehead atoms. The highest BCUT2D eigenvalue weighted by Gasteiger charge is 2.61. The summed E-state index contributed by atoms with van der Waals surface area (Å²) in [4.78, 5) is 13.6. The molecule has 2 heteroatoms. The van der Waals surface area contributed by atoms with E-state index in [0.29, 0.717) is 11.7 Å². The summed E-state index contributed by atoms with van der Waals surface area (Å²) in [6.07, 6.45) is 14.8. The Hall–Kier alpha value is -0.630. The number of carbonyl (C=O) groups excluding carboxylic acids is 1. The molecule has 0 radical (unpaired) electrons. The zero-order valence-electron chi connectivity index (χ0n) is 20.7. The number of aliphatic hydroxyl groups excluding tert-OH is 1. The van der Waals surface area contributed by atoms with Crippen molar-refractivity contribution in [2.24, 2.45) is 40.4 Å². The van der Waals surface area contributed by atoms with Gasteiger partial charge in [0, 0.05) is 12.3 Å². The molecule has 172 valence electrons. The number of hydrogen-bond acceptors (Lipinski definition) is 2. The molecule has 0 aromatic rings. The van der Waals surface area contributed by atoms with Crippen LogP contribution in [0.15, 0.2) is 11.6 Å². The second-order valence-corrected chi connectivity index (χ2v) is 11.6. The van der Waals surface area contributed by atoms with Crippen LogP contribution in [0.1, 0.15) is 112 Å². The van der Waals surface area contributed by atoms with E-state index in [1.54, 1.807) is 0 Å². The summed E-state index contributed by atoms with van der Waals surface area (Å²) in [6, 6.07) is 0. The maximum Gasteiger partial charge on any atom is 0.137 e. The third-order valence-electron chi connectivity index (χ3n) is 9.55. The first-order valence-corrected chi connectivity index (χ1v) is 13.2. The quantitative estimate of drug-likeness (QED) is 0.376. The molecule has 0 aliphatic heterocycles. The van der Waals surface area contributed by atoms with Crippen molar-refractivity contribution in [3.05, 3.63) is 11.6 Å². The molecule has 1 N–H and O–H groups in total. The number of rotatable bonds is 5. The van der Waals surface area contributed by atoms with Crippen molar-refractivity contribution in [2.45, 2.75) is 118 Å². The second kappa shape index (κ2) is 9.47. The van der Waals surface area contributed by atoms with Crippen LogP contribution in [0, 0.1) is 40.4 Å². The lowest BCUT2D eigenvalue weighted by Crippen LogP contribution is -2.54. The molecule has 7 atom stereocenters. The van der Waals surface area contributed by atoms with E-state index in [2.05, 4.69) is 33.8 Å². The first-order valence-electron chi connectivity index (χ1n) is 13.2. The summed E-state index contributed by atoms with van der Waals surface area (Å²) < 4.78 is 0. The number of hydrogen-bond donors (Lipinski definition) is 1.